The van der Waals surface area contributed by atoms with E-state index >= 15 is 0 Å². The SMILES string of the molecule is O[C@H]1CCN(c2ccc(Cl)cc2)C1. The number of hydrogen-bond acceptors (Lipinski definition) is 2. The Labute approximate surface area is 82.7 Å². The topological polar surface area (TPSA) is 23.5 Å². The van der Waals surface area contributed by atoms with Crippen molar-refractivity contribution in [1.29, 1.82) is 0 Å². The summed E-state index contributed by atoms with van der Waals surface area (Å²) in [6, 6.07) is 7.73. The van der Waals surface area contributed by atoms with Crippen molar-refractivity contribution in [2.75, 3.05) is 18.0 Å². The van der Waals surface area contributed by atoms with Crippen LogP contribution in [-0.2, 0) is 0 Å². The summed E-state index contributed by atoms with van der Waals surface area (Å²) in [5, 5.41) is 10.1. The average Bonchev–Trinajstić information content (AvgIpc) is 2.53. The Bertz CT molecular complexity index is 285. The van der Waals surface area contributed by atoms with Gasteiger partial charge in [0.05, 0.1) is 6.10 Å². The van der Waals surface area contributed by atoms with Gasteiger partial charge in [0.1, 0.15) is 0 Å². The maximum Gasteiger partial charge on any atom is 0.0731 e. The van der Waals surface area contributed by atoms with Crippen LogP contribution in [0, 0.1) is 0 Å². The van der Waals surface area contributed by atoms with Crippen LogP contribution in [0.25, 0.3) is 0 Å². The van der Waals surface area contributed by atoms with E-state index < -0.39 is 0 Å². The number of aliphatic hydroxyl groups excluding tert-OH is 1. The number of β-amino-alcohol motifs (C(OH)–C–C–N with tert-alkyl or cyclic N) is 1. The number of halogens is 1. The molecule has 13 heavy (non-hydrogen) atoms. The molecule has 0 aromatic heterocycles. The molecule has 1 N–H and O–H groups in total. The summed E-state index contributed by atoms with van der Waals surface area (Å²) in [4.78, 5) is 2.17. The van der Waals surface area contributed by atoms with Crippen molar-refractivity contribution < 1.29 is 5.11 Å². The zero-order valence-electron chi connectivity index (χ0n) is 7.28. The Hall–Kier alpha value is -0.730. The van der Waals surface area contributed by atoms with Crippen molar-refractivity contribution in [2.24, 2.45) is 0 Å². The molecule has 0 spiro atoms. The standard InChI is InChI=1S/C10H12ClNO/c11-8-1-3-9(4-2-8)12-6-5-10(13)7-12/h1-4,10,13H,5-7H2/t10-/m0/s1. The van der Waals surface area contributed by atoms with E-state index in [1.807, 2.05) is 24.3 Å². The first kappa shape index (κ1) is 8.85. The molecule has 1 atom stereocenters. The second kappa shape index (κ2) is 3.56. The fourth-order valence-electron chi connectivity index (χ4n) is 1.63. The molecule has 3 heteroatoms. The molecular weight excluding hydrogens is 186 g/mol. The normalized spacial score (nSPS) is 22.3. The monoisotopic (exact) mass is 197 g/mol. The number of nitrogens with zero attached hydrogens (tertiary/aromatic N) is 1. The summed E-state index contributed by atoms with van der Waals surface area (Å²) in [6.07, 6.45) is 0.693. The molecule has 0 saturated carbocycles. The quantitative estimate of drug-likeness (QED) is 0.744. The second-order valence-corrected chi connectivity index (χ2v) is 3.80. The molecule has 2 rings (SSSR count). The minimum absolute atomic E-state index is 0.171. The van der Waals surface area contributed by atoms with Crippen LogP contribution in [0.2, 0.25) is 5.02 Å². The molecule has 0 unspecified atom stereocenters. The van der Waals surface area contributed by atoms with Crippen LogP contribution >= 0.6 is 11.6 Å². The number of hydrogen-bond donors (Lipinski definition) is 1. The molecule has 0 radical (unpaired) electrons. The fraction of sp³-hybridized carbons (Fsp3) is 0.400. The Morgan fingerprint density at radius 3 is 2.54 bits per heavy atom. The molecule has 1 aliphatic rings. The lowest BCUT2D eigenvalue weighted by atomic mass is 10.3. The van der Waals surface area contributed by atoms with Gasteiger partial charge in [0.15, 0.2) is 0 Å². The summed E-state index contributed by atoms with van der Waals surface area (Å²) in [5.74, 6) is 0. The fourth-order valence-corrected chi connectivity index (χ4v) is 1.75. The minimum atomic E-state index is -0.171. The van der Waals surface area contributed by atoms with Crippen LogP contribution in [0.3, 0.4) is 0 Å². The van der Waals surface area contributed by atoms with Crippen LogP contribution < -0.4 is 4.90 Å². The first-order chi connectivity index (χ1) is 6.25. The van der Waals surface area contributed by atoms with Crippen molar-refractivity contribution in [2.45, 2.75) is 12.5 Å². The molecule has 1 heterocycles. The molecule has 0 aliphatic carbocycles. The van der Waals surface area contributed by atoms with Gasteiger partial charge in [-0.05, 0) is 30.7 Å². The first-order valence-electron chi connectivity index (χ1n) is 4.44. The molecule has 2 nitrogen and oxygen atoms in total. The van der Waals surface area contributed by atoms with Gasteiger partial charge in [-0.2, -0.15) is 0 Å². The van der Waals surface area contributed by atoms with E-state index in [2.05, 4.69) is 4.90 Å². The smallest absolute Gasteiger partial charge is 0.0731 e. The number of anilines is 1. The van der Waals surface area contributed by atoms with Crippen molar-refractivity contribution in [3.8, 4) is 0 Å². The summed E-state index contributed by atoms with van der Waals surface area (Å²) < 4.78 is 0. The van der Waals surface area contributed by atoms with Gasteiger partial charge in [-0.3, -0.25) is 0 Å². The third kappa shape index (κ3) is 1.95. The highest BCUT2D eigenvalue weighted by molar-refractivity contribution is 6.30. The lowest BCUT2D eigenvalue weighted by Crippen LogP contribution is -2.20. The van der Waals surface area contributed by atoms with E-state index in [4.69, 9.17) is 11.6 Å². The van der Waals surface area contributed by atoms with Gasteiger partial charge in [-0.25, -0.2) is 0 Å². The Balaban J connectivity index is 2.13. The molecule has 1 saturated heterocycles. The van der Waals surface area contributed by atoms with Gasteiger partial charge < -0.3 is 10.0 Å². The molecule has 70 valence electrons. The van der Waals surface area contributed by atoms with Crippen LogP contribution in [0.5, 0.6) is 0 Å². The molecule has 0 amide bonds. The van der Waals surface area contributed by atoms with Crippen LogP contribution in [-0.4, -0.2) is 24.3 Å². The third-order valence-corrected chi connectivity index (χ3v) is 2.61. The largest absolute Gasteiger partial charge is 0.391 e. The number of aliphatic hydroxyl groups is 1. The van der Waals surface area contributed by atoms with E-state index in [0.29, 0.717) is 0 Å². The average molecular weight is 198 g/mol. The maximum absolute atomic E-state index is 9.35. The van der Waals surface area contributed by atoms with E-state index in [1.165, 1.54) is 0 Å². The van der Waals surface area contributed by atoms with E-state index in [0.717, 1.165) is 30.2 Å². The highest BCUT2D eigenvalue weighted by atomic mass is 35.5. The number of benzene rings is 1. The summed E-state index contributed by atoms with van der Waals surface area (Å²) >= 11 is 5.78. The molecule has 1 aromatic carbocycles. The van der Waals surface area contributed by atoms with Gasteiger partial charge in [-0.1, -0.05) is 11.6 Å². The lowest BCUT2D eigenvalue weighted by Gasteiger charge is -2.17. The summed E-state index contributed by atoms with van der Waals surface area (Å²) in [6.45, 7) is 1.67. The van der Waals surface area contributed by atoms with Gasteiger partial charge in [0, 0.05) is 23.8 Å². The lowest BCUT2D eigenvalue weighted by molar-refractivity contribution is 0.198. The highest BCUT2D eigenvalue weighted by Crippen LogP contribution is 2.21. The van der Waals surface area contributed by atoms with E-state index in [-0.39, 0.29) is 6.10 Å². The molecule has 0 bridgehead atoms. The van der Waals surface area contributed by atoms with Crippen molar-refractivity contribution in [3.63, 3.8) is 0 Å². The Morgan fingerprint density at radius 1 is 1.31 bits per heavy atom. The Morgan fingerprint density at radius 2 is 2.00 bits per heavy atom. The van der Waals surface area contributed by atoms with Gasteiger partial charge in [0.25, 0.3) is 0 Å². The minimum Gasteiger partial charge on any atom is -0.391 e. The van der Waals surface area contributed by atoms with Gasteiger partial charge >= 0.3 is 0 Å². The van der Waals surface area contributed by atoms with Gasteiger partial charge in [-0.15, -0.1) is 0 Å². The second-order valence-electron chi connectivity index (χ2n) is 3.36. The highest BCUT2D eigenvalue weighted by Gasteiger charge is 2.19. The van der Waals surface area contributed by atoms with Crippen LogP contribution in [0.1, 0.15) is 6.42 Å². The molecule has 1 aliphatic heterocycles. The molecule has 1 aromatic rings. The van der Waals surface area contributed by atoms with Crippen molar-refractivity contribution in [1.82, 2.24) is 0 Å². The molecule has 1 fully saturated rings. The zero-order valence-corrected chi connectivity index (χ0v) is 8.04. The van der Waals surface area contributed by atoms with E-state index in [9.17, 15) is 5.11 Å². The van der Waals surface area contributed by atoms with Crippen molar-refractivity contribution in [3.05, 3.63) is 29.3 Å². The first-order valence-corrected chi connectivity index (χ1v) is 4.82. The summed E-state index contributed by atoms with van der Waals surface area (Å²) in [7, 11) is 0. The van der Waals surface area contributed by atoms with Gasteiger partial charge in [0.2, 0.25) is 0 Å². The Kier molecular flexibility index (Phi) is 2.42. The van der Waals surface area contributed by atoms with Crippen LogP contribution in [0.15, 0.2) is 24.3 Å². The number of rotatable bonds is 1. The van der Waals surface area contributed by atoms with Crippen molar-refractivity contribution >= 4 is 17.3 Å². The third-order valence-electron chi connectivity index (χ3n) is 2.36. The van der Waals surface area contributed by atoms with Crippen LogP contribution in [0.4, 0.5) is 5.69 Å². The molecular formula is C10H12ClNO. The predicted octanol–water partition coefficient (Wildman–Crippen LogP) is 1.91. The predicted molar refractivity (Wildman–Crippen MR) is 54.3 cm³/mol. The zero-order chi connectivity index (χ0) is 9.26. The summed E-state index contributed by atoms with van der Waals surface area (Å²) in [5.41, 5.74) is 1.14. The van der Waals surface area contributed by atoms with E-state index in [1.54, 1.807) is 0 Å². The maximum atomic E-state index is 9.35.